The van der Waals surface area contributed by atoms with E-state index in [-0.39, 0.29) is 29.9 Å². The molecule has 0 fully saturated rings. The van der Waals surface area contributed by atoms with E-state index in [4.69, 9.17) is 9.26 Å². The summed E-state index contributed by atoms with van der Waals surface area (Å²) in [6.07, 6.45) is 0. The summed E-state index contributed by atoms with van der Waals surface area (Å²) in [7, 11) is 0. The van der Waals surface area contributed by atoms with Gasteiger partial charge in [-0.25, -0.2) is 0 Å². The summed E-state index contributed by atoms with van der Waals surface area (Å²) in [4.78, 5) is 26.6. The number of nitro benzene ring substituents is 1. The van der Waals surface area contributed by atoms with Crippen LogP contribution in [0.4, 0.5) is 5.69 Å². The van der Waals surface area contributed by atoms with Crippen LogP contribution in [0.2, 0.25) is 0 Å². The Labute approximate surface area is 160 Å². The van der Waals surface area contributed by atoms with Crippen molar-refractivity contribution in [3.05, 3.63) is 76.2 Å². The molecular formula is C19H18N4O5. The molecule has 1 heterocycles. The van der Waals surface area contributed by atoms with E-state index >= 15 is 0 Å². The van der Waals surface area contributed by atoms with Gasteiger partial charge in [0, 0.05) is 17.7 Å². The van der Waals surface area contributed by atoms with Gasteiger partial charge in [-0.2, -0.15) is 4.98 Å². The minimum absolute atomic E-state index is 0.0687. The lowest BCUT2D eigenvalue weighted by Crippen LogP contribution is -2.30. The molecule has 1 atom stereocenters. The summed E-state index contributed by atoms with van der Waals surface area (Å²) in [5.74, 6) is 0.0802. The van der Waals surface area contributed by atoms with Gasteiger partial charge >= 0.3 is 0 Å². The molecule has 0 saturated carbocycles. The molecule has 0 spiro atoms. The quantitative estimate of drug-likeness (QED) is 0.469. The van der Waals surface area contributed by atoms with Crippen molar-refractivity contribution in [3.63, 3.8) is 0 Å². The van der Waals surface area contributed by atoms with Crippen molar-refractivity contribution in [2.45, 2.75) is 19.6 Å². The largest absolute Gasteiger partial charge is 0.367 e. The topological polar surface area (TPSA) is 120 Å². The molecule has 9 nitrogen and oxygen atoms in total. The number of ether oxygens (including phenoxy) is 1. The van der Waals surface area contributed by atoms with Crippen LogP contribution in [0.3, 0.4) is 0 Å². The van der Waals surface area contributed by atoms with E-state index in [1.807, 2.05) is 30.3 Å². The monoisotopic (exact) mass is 382 g/mol. The van der Waals surface area contributed by atoms with Crippen molar-refractivity contribution >= 4 is 11.6 Å². The highest BCUT2D eigenvalue weighted by Crippen LogP contribution is 2.22. The fourth-order valence-electron chi connectivity index (χ4n) is 2.47. The minimum Gasteiger partial charge on any atom is -0.367 e. The Morgan fingerprint density at radius 1 is 1.25 bits per heavy atom. The highest BCUT2D eigenvalue weighted by Gasteiger charge is 2.18. The molecule has 28 heavy (non-hydrogen) atoms. The summed E-state index contributed by atoms with van der Waals surface area (Å²) >= 11 is 0. The molecule has 0 aliphatic heterocycles. The number of nitrogens with zero attached hydrogens (tertiary/aromatic N) is 3. The number of nitrogens with one attached hydrogen (secondary N) is 1. The van der Waals surface area contributed by atoms with Crippen molar-refractivity contribution < 1.29 is 19.0 Å². The van der Waals surface area contributed by atoms with Crippen molar-refractivity contribution in [1.82, 2.24) is 15.5 Å². The number of non-ortho nitro benzene ring substituents is 1. The van der Waals surface area contributed by atoms with Gasteiger partial charge in [0.1, 0.15) is 12.6 Å². The van der Waals surface area contributed by atoms with E-state index in [1.165, 1.54) is 12.1 Å². The number of benzene rings is 2. The van der Waals surface area contributed by atoms with E-state index < -0.39 is 11.0 Å². The molecule has 9 heteroatoms. The second-order valence-corrected chi connectivity index (χ2v) is 6.03. The number of nitro groups is 1. The highest BCUT2D eigenvalue weighted by molar-refractivity contribution is 5.77. The van der Waals surface area contributed by atoms with Gasteiger partial charge < -0.3 is 14.6 Å². The second-order valence-electron chi connectivity index (χ2n) is 6.03. The van der Waals surface area contributed by atoms with Gasteiger partial charge in [0.25, 0.3) is 5.69 Å². The average Bonchev–Trinajstić information content (AvgIpc) is 3.19. The van der Waals surface area contributed by atoms with Crippen LogP contribution in [0, 0.1) is 10.1 Å². The van der Waals surface area contributed by atoms with Crippen molar-refractivity contribution in [2.75, 3.05) is 6.61 Å². The number of aromatic nitrogens is 2. The fourth-order valence-corrected chi connectivity index (χ4v) is 2.47. The van der Waals surface area contributed by atoms with Gasteiger partial charge in [-0.1, -0.05) is 47.6 Å². The SMILES string of the molecule is C[C@H](NC(=O)COCc1ccccc1)c1nc(-c2cccc([N+](=O)[O-])c2)no1. The van der Waals surface area contributed by atoms with Crippen LogP contribution in [-0.2, 0) is 16.1 Å². The van der Waals surface area contributed by atoms with Gasteiger partial charge in [0.15, 0.2) is 0 Å². The molecule has 1 aromatic heterocycles. The molecule has 1 N–H and O–H groups in total. The highest BCUT2D eigenvalue weighted by atomic mass is 16.6. The van der Waals surface area contributed by atoms with Crippen molar-refractivity contribution in [1.29, 1.82) is 0 Å². The molecular weight excluding hydrogens is 364 g/mol. The Morgan fingerprint density at radius 2 is 2.04 bits per heavy atom. The molecule has 0 saturated heterocycles. The maximum absolute atomic E-state index is 12.0. The van der Waals surface area contributed by atoms with E-state index in [0.717, 1.165) is 5.56 Å². The van der Waals surface area contributed by atoms with Gasteiger partial charge in [-0.05, 0) is 12.5 Å². The average molecular weight is 382 g/mol. The smallest absolute Gasteiger partial charge is 0.270 e. The first-order chi connectivity index (χ1) is 13.5. The first kappa shape index (κ1) is 19.2. The van der Waals surface area contributed by atoms with Crippen molar-refractivity contribution in [3.8, 4) is 11.4 Å². The summed E-state index contributed by atoms with van der Waals surface area (Å²) in [6.45, 7) is 1.92. The summed E-state index contributed by atoms with van der Waals surface area (Å²) in [6, 6.07) is 14.9. The number of hydrogen-bond acceptors (Lipinski definition) is 7. The molecule has 3 rings (SSSR count). The predicted octanol–water partition coefficient (Wildman–Crippen LogP) is 3.04. The summed E-state index contributed by atoms with van der Waals surface area (Å²) in [5, 5.41) is 17.4. The van der Waals surface area contributed by atoms with Crippen LogP contribution in [0.1, 0.15) is 24.4 Å². The normalized spacial score (nSPS) is 11.8. The molecule has 1 amide bonds. The first-order valence-electron chi connectivity index (χ1n) is 8.52. The predicted molar refractivity (Wildman–Crippen MR) is 99.0 cm³/mol. The lowest BCUT2D eigenvalue weighted by atomic mass is 10.2. The lowest BCUT2D eigenvalue weighted by molar-refractivity contribution is -0.384. The molecule has 144 valence electrons. The van der Waals surface area contributed by atoms with Crippen molar-refractivity contribution in [2.24, 2.45) is 0 Å². The van der Waals surface area contributed by atoms with E-state index in [2.05, 4.69) is 15.5 Å². The lowest BCUT2D eigenvalue weighted by Gasteiger charge is -2.10. The van der Waals surface area contributed by atoms with Crippen LogP contribution >= 0.6 is 0 Å². The van der Waals surface area contributed by atoms with Crippen LogP contribution in [0.15, 0.2) is 59.1 Å². The van der Waals surface area contributed by atoms with E-state index in [0.29, 0.717) is 12.2 Å². The molecule has 0 aliphatic carbocycles. The Kier molecular flexibility index (Phi) is 6.07. The number of rotatable bonds is 8. The number of hydrogen-bond donors (Lipinski definition) is 1. The summed E-state index contributed by atoms with van der Waals surface area (Å²) in [5.41, 5.74) is 1.36. The maximum Gasteiger partial charge on any atom is 0.270 e. The van der Waals surface area contributed by atoms with Gasteiger partial charge in [0.2, 0.25) is 17.6 Å². The first-order valence-corrected chi connectivity index (χ1v) is 8.52. The van der Waals surface area contributed by atoms with Crippen LogP contribution in [0.5, 0.6) is 0 Å². The third kappa shape index (κ3) is 4.98. The Balaban J connectivity index is 1.55. The van der Waals surface area contributed by atoms with Crippen LogP contribution in [-0.4, -0.2) is 27.6 Å². The van der Waals surface area contributed by atoms with Gasteiger partial charge in [0.05, 0.1) is 11.5 Å². The molecule has 0 unspecified atom stereocenters. The third-order valence-electron chi connectivity index (χ3n) is 3.85. The van der Waals surface area contributed by atoms with E-state index in [1.54, 1.807) is 19.1 Å². The Morgan fingerprint density at radius 3 is 2.79 bits per heavy atom. The number of carbonyl (C=O) groups is 1. The Hall–Kier alpha value is -3.59. The molecule has 0 radical (unpaired) electrons. The molecule has 0 bridgehead atoms. The fraction of sp³-hybridized carbons (Fsp3) is 0.211. The van der Waals surface area contributed by atoms with Gasteiger partial charge in [-0.15, -0.1) is 0 Å². The minimum atomic E-state index is -0.534. The Bertz CT molecular complexity index is 958. The van der Waals surface area contributed by atoms with Crippen LogP contribution < -0.4 is 5.32 Å². The zero-order chi connectivity index (χ0) is 19.9. The zero-order valence-electron chi connectivity index (χ0n) is 15.1. The maximum atomic E-state index is 12.0. The molecule has 2 aromatic carbocycles. The molecule has 3 aromatic rings. The summed E-state index contributed by atoms with van der Waals surface area (Å²) < 4.78 is 10.6. The molecule has 0 aliphatic rings. The number of carbonyl (C=O) groups excluding carboxylic acids is 1. The second kappa shape index (κ2) is 8.87. The third-order valence-corrected chi connectivity index (χ3v) is 3.85. The van der Waals surface area contributed by atoms with E-state index in [9.17, 15) is 14.9 Å². The van der Waals surface area contributed by atoms with Crippen LogP contribution in [0.25, 0.3) is 11.4 Å². The zero-order valence-corrected chi connectivity index (χ0v) is 15.1. The van der Waals surface area contributed by atoms with Gasteiger partial charge in [-0.3, -0.25) is 14.9 Å². The standard InChI is InChI=1S/C19H18N4O5/c1-13(20-17(24)12-27-11-14-6-3-2-4-7-14)19-21-18(22-28-19)15-8-5-9-16(10-15)23(25)26/h2-10,13H,11-12H2,1H3,(H,20,24)/t13-/m0/s1. The number of amides is 1.